The predicted octanol–water partition coefficient (Wildman–Crippen LogP) is 3.34. The van der Waals surface area contributed by atoms with Crippen molar-refractivity contribution in [3.63, 3.8) is 0 Å². The summed E-state index contributed by atoms with van der Waals surface area (Å²) >= 11 is 0. The van der Waals surface area contributed by atoms with E-state index in [0.717, 1.165) is 13.0 Å². The van der Waals surface area contributed by atoms with Crippen molar-refractivity contribution in [2.24, 2.45) is 5.92 Å². The molecule has 0 saturated carbocycles. The lowest BCUT2D eigenvalue weighted by molar-refractivity contribution is 0.0752. The first kappa shape index (κ1) is 26.2. The number of hydrogen-bond acceptors (Lipinski definition) is 5. The zero-order chi connectivity index (χ0) is 24.9. The zero-order valence-electron chi connectivity index (χ0n) is 20.2. The fourth-order valence-electron chi connectivity index (χ4n) is 4.00. The van der Waals surface area contributed by atoms with E-state index in [-0.39, 0.29) is 41.4 Å². The number of aliphatic hydroxyl groups excluding tert-OH is 1. The quantitative estimate of drug-likeness (QED) is 0.632. The minimum absolute atomic E-state index is 0.0410. The van der Waals surface area contributed by atoms with E-state index >= 15 is 0 Å². The average molecular weight is 489 g/mol. The summed E-state index contributed by atoms with van der Waals surface area (Å²) in [5, 5.41) is 9.75. The first-order valence-corrected chi connectivity index (χ1v) is 13.0. The Kier molecular flexibility index (Phi) is 8.72. The number of ether oxygens (including phenoxy) is 1. The van der Waals surface area contributed by atoms with Crippen LogP contribution >= 0.6 is 0 Å². The van der Waals surface area contributed by atoms with E-state index in [2.05, 4.69) is 23.7 Å². The molecule has 34 heavy (non-hydrogen) atoms. The van der Waals surface area contributed by atoms with Gasteiger partial charge in [0.1, 0.15) is 22.6 Å². The van der Waals surface area contributed by atoms with E-state index in [4.69, 9.17) is 4.74 Å². The maximum Gasteiger partial charge on any atom is 0.247 e. The predicted molar refractivity (Wildman–Crippen MR) is 131 cm³/mol. The Balaban J connectivity index is 2.07. The molecule has 3 rings (SSSR count). The van der Waals surface area contributed by atoms with Crippen molar-refractivity contribution in [1.82, 2.24) is 9.21 Å². The summed E-state index contributed by atoms with van der Waals surface area (Å²) in [7, 11) is -1.90. The number of benzene rings is 2. The molecular formula is C26H33FN2O4S. The summed E-state index contributed by atoms with van der Waals surface area (Å²) in [4.78, 5) is 2.21. The fourth-order valence-corrected chi connectivity index (χ4v) is 5.83. The number of aliphatic hydroxyl groups is 1. The lowest BCUT2D eigenvalue weighted by Crippen LogP contribution is -2.49. The minimum atomic E-state index is -3.91. The zero-order valence-corrected chi connectivity index (χ0v) is 21.0. The molecule has 6 nitrogen and oxygen atoms in total. The lowest BCUT2D eigenvalue weighted by Gasteiger charge is -2.37. The largest absolute Gasteiger partial charge is 0.487 e. The van der Waals surface area contributed by atoms with Gasteiger partial charge in [0.2, 0.25) is 10.0 Å². The van der Waals surface area contributed by atoms with Crippen LogP contribution in [0.15, 0.2) is 47.4 Å². The molecule has 1 aliphatic rings. The molecule has 0 spiro atoms. The van der Waals surface area contributed by atoms with Gasteiger partial charge in [0.15, 0.2) is 0 Å². The Hall–Kier alpha value is -2.44. The Morgan fingerprint density at radius 2 is 2.00 bits per heavy atom. The van der Waals surface area contributed by atoms with E-state index in [1.807, 2.05) is 14.0 Å². The van der Waals surface area contributed by atoms with Gasteiger partial charge >= 0.3 is 0 Å². The van der Waals surface area contributed by atoms with Gasteiger partial charge in [0.05, 0.1) is 12.2 Å². The van der Waals surface area contributed by atoms with Crippen molar-refractivity contribution in [3.8, 4) is 17.6 Å². The van der Waals surface area contributed by atoms with Gasteiger partial charge in [-0.15, -0.1) is 0 Å². The highest BCUT2D eigenvalue weighted by molar-refractivity contribution is 7.89. The van der Waals surface area contributed by atoms with Crippen LogP contribution in [0.5, 0.6) is 5.75 Å². The summed E-state index contributed by atoms with van der Waals surface area (Å²) in [6.45, 7) is 7.23. The van der Waals surface area contributed by atoms with E-state index in [9.17, 15) is 17.9 Å². The molecule has 0 radical (unpaired) electrons. The van der Waals surface area contributed by atoms with E-state index in [1.54, 1.807) is 37.3 Å². The fraction of sp³-hybridized carbons (Fsp3) is 0.462. The first-order chi connectivity index (χ1) is 16.2. The molecule has 0 aromatic heterocycles. The number of nitrogens with zero attached hydrogens (tertiary/aromatic N) is 2. The van der Waals surface area contributed by atoms with Crippen molar-refractivity contribution in [3.05, 3.63) is 59.4 Å². The molecule has 0 unspecified atom stereocenters. The van der Waals surface area contributed by atoms with Crippen molar-refractivity contribution in [1.29, 1.82) is 0 Å². The third kappa shape index (κ3) is 5.97. The summed E-state index contributed by atoms with van der Waals surface area (Å²) in [5.41, 5.74) is 0.784. The van der Waals surface area contributed by atoms with Crippen LogP contribution in [0.3, 0.4) is 0 Å². The molecule has 1 aliphatic heterocycles. The van der Waals surface area contributed by atoms with Crippen LogP contribution in [-0.4, -0.2) is 68.2 Å². The lowest BCUT2D eigenvalue weighted by atomic mass is 10.0. The van der Waals surface area contributed by atoms with Gasteiger partial charge in [-0.3, -0.25) is 0 Å². The molecule has 2 aromatic rings. The molecule has 8 heteroatoms. The van der Waals surface area contributed by atoms with Gasteiger partial charge in [-0.1, -0.05) is 37.8 Å². The molecule has 1 heterocycles. The van der Waals surface area contributed by atoms with Crippen molar-refractivity contribution in [2.45, 2.75) is 44.2 Å². The van der Waals surface area contributed by atoms with E-state index in [1.165, 1.54) is 16.4 Å². The normalized spacial score (nSPS) is 20.9. The highest BCUT2D eigenvalue weighted by Crippen LogP contribution is 2.34. The molecule has 1 N–H and O–H groups in total. The maximum atomic E-state index is 14.0. The first-order valence-electron chi connectivity index (χ1n) is 11.6. The molecule has 2 aromatic carbocycles. The van der Waals surface area contributed by atoms with Crippen LogP contribution in [0, 0.1) is 23.6 Å². The Morgan fingerprint density at radius 1 is 1.26 bits per heavy atom. The maximum absolute atomic E-state index is 14.0. The number of rotatable bonds is 6. The van der Waals surface area contributed by atoms with Crippen LogP contribution in [0.2, 0.25) is 0 Å². The van der Waals surface area contributed by atoms with Crippen LogP contribution < -0.4 is 4.74 Å². The molecule has 0 amide bonds. The van der Waals surface area contributed by atoms with Crippen molar-refractivity contribution < 1.29 is 22.7 Å². The second kappa shape index (κ2) is 11.3. The smallest absolute Gasteiger partial charge is 0.247 e. The van der Waals surface area contributed by atoms with Crippen molar-refractivity contribution >= 4 is 10.0 Å². The van der Waals surface area contributed by atoms with Crippen LogP contribution in [0.4, 0.5) is 4.39 Å². The third-order valence-electron chi connectivity index (χ3n) is 5.98. The number of likely N-dealkylation sites (N-methyl/N-ethyl adjacent to an activating group) is 1. The molecule has 0 saturated heterocycles. The number of fused-ring (bicyclic) bond motifs is 1. The molecule has 0 fully saturated rings. The van der Waals surface area contributed by atoms with E-state index in [0.29, 0.717) is 12.1 Å². The standard InChI is InChI=1S/C26H33FN2O4S/c1-5-14-28(4)17-25-19(2)16-29(20(3)18-30)34(31,32)26-13-11-21(15-24(26)33-25)10-12-22-8-6-7-9-23(22)27/h6-9,11,13,15,19-20,25,30H,5,14,16-18H2,1-4H3/t19-,20+,25-/m0/s1. The second-order valence-corrected chi connectivity index (χ2v) is 10.8. The number of halogens is 1. The Bertz CT molecular complexity index is 1160. The molecule has 3 atom stereocenters. The van der Waals surface area contributed by atoms with Gasteiger partial charge < -0.3 is 14.7 Å². The summed E-state index contributed by atoms with van der Waals surface area (Å²) in [6, 6.07) is 10.3. The van der Waals surface area contributed by atoms with Crippen LogP contribution in [-0.2, 0) is 10.0 Å². The summed E-state index contributed by atoms with van der Waals surface area (Å²) in [5.74, 6) is 5.41. The SMILES string of the molecule is CCCN(C)C[C@@H]1Oc2cc(C#Cc3ccccc3F)ccc2S(=O)(=O)N([C@H](C)CO)C[C@@H]1C. The molecular weight excluding hydrogens is 455 g/mol. The van der Waals surface area contributed by atoms with Gasteiger partial charge in [-0.25, -0.2) is 12.8 Å². The van der Waals surface area contributed by atoms with Crippen LogP contribution in [0.1, 0.15) is 38.3 Å². The number of sulfonamides is 1. The monoisotopic (exact) mass is 488 g/mol. The summed E-state index contributed by atoms with van der Waals surface area (Å²) < 4.78 is 48.7. The average Bonchev–Trinajstić information content (AvgIpc) is 2.80. The van der Waals surface area contributed by atoms with Gasteiger partial charge in [0, 0.05) is 30.6 Å². The van der Waals surface area contributed by atoms with E-state index < -0.39 is 21.9 Å². The number of hydrogen-bond donors (Lipinski definition) is 1. The minimum Gasteiger partial charge on any atom is -0.487 e. The highest BCUT2D eigenvalue weighted by atomic mass is 32.2. The second-order valence-electron chi connectivity index (χ2n) is 8.89. The van der Waals surface area contributed by atoms with Crippen LogP contribution in [0.25, 0.3) is 0 Å². The third-order valence-corrected chi connectivity index (χ3v) is 8.00. The Labute approximate surface area is 202 Å². The highest BCUT2D eigenvalue weighted by Gasteiger charge is 2.38. The van der Waals surface area contributed by atoms with Crippen molar-refractivity contribution in [2.75, 3.05) is 33.3 Å². The summed E-state index contributed by atoms with van der Waals surface area (Å²) in [6.07, 6.45) is 0.723. The topological polar surface area (TPSA) is 70.1 Å². The van der Waals surface area contributed by atoms with Gasteiger partial charge in [-0.2, -0.15) is 4.31 Å². The van der Waals surface area contributed by atoms with Gasteiger partial charge in [0.25, 0.3) is 0 Å². The molecule has 0 bridgehead atoms. The molecule has 184 valence electrons. The molecule has 0 aliphatic carbocycles. The van der Waals surface area contributed by atoms with Gasteiger partial charge in [-0.05, 0) is 57.3 Å². The Morgan fingerprint density at radius 3 is 2.68 bits per heavy atom.